The van der Waals surface area contributed by atoms with Crippen LogP contribution in [0.1, 0.15) is 35.6 Å². The fourth-order valence-corrected chi connectivity index (χ4v) is 2.74. The first-order valence-electron chi connectivity index (χ1n) is 6.78. The molecule has 19 heavy (non-hydrogen) atoms. The van der Waals surface area contributed by atoms with Crippen molar-refractivity contribution in [2.45, 2.75) is 44.5 Å². The number of thiol groups is 1. The van der Waals surface area contributed by atoms with Gasteiger partial charge in [0.15, 0.2) is 0 Å². The smallest absolute Gasteiger partial charge is 0.0728 e. The van der Waals surface area contributed by atoms with Gasteiger partial charge in [-0.1, -0.05) is 0 Å². The second kappa shape index (κ2) is 5.77. The molecule has 1 aliphatic rings. The van der Waals surface area contributed by atoms with Crippen LogP contribution in [0.15, 0.2) is 0 Å². The second-order valence-corrected chi connectivity index (χ2v) is 5.97. The van der Waals surface area contributed by atoms with Crippen molar-refractivity contribution >= 4 is 12.6 Å². The van der Waals surface area contributed by atoms with Crippen LogP contribution < -0.4 is 0 Å². The van der Waals surface area contributed by atoms with Gasteiger partial charge in [0.25, 0.3) is 0 Å². The first kappa shape index (κ1) is 14.8. The Labute approximate surface area is 120 Å². The van der Waals surface area contributed by atoms with E-state index in [1.165, 1.54) is 0 Å². The van der Waals surface area contributed by atoms with E-state index in [9.17, 15) is 5.11 Å². The van der Waals surface area contributed by atoms with Gasteiger partial charge in [-0.2, -0.15) is 12.6 Å². The maximum atomic E-state index is 10.7. The van der Waals surface area contributed by atoms with Crippen molar-refractivity contribution in [2.24, 2.45) is 0 Å². The maximum absolute atomic E-state index is 10.7. The van der Waals surface area contributed by atoms with E-state index in [4.69, 9.17) is 0 Å². The molecular weight excluding hydrogens is 258 g/mol. The Balaban J connectivity index is 2.20. The van der Waals surface area contributed by atoms with Gasteiger partial charge in [-0.25, -0.2) is 0 Å². The van der Waals surface area contributed by atoms with Crippen molar-refractivity contribution in [1.82, 2.24) is 14.9 Å². The molecule has 1 N–H and O–H groups in total. The third kappa shape index (κ3) is 3.46. The lowest BCUT2D eigenvalue weighted by Gasteiger charge is -2.36. The van der Waals surface area contributed by atoms with E-state index >= 15 is 0 Å². The van der Waals surface area contributed by atoms with Gasteiger partial charge in [0.05, 0.1) is 28.4 Å². The van der Waals surface area contributed by atoms with E-state index in [1.54, 1.807) is 0 Å². The van der Waals surface area contributed by atoms with Crippen LogP contribution in [0.5, 0.6) is 0 Å². The molecule has 0 amide bonds. The van der Waals surface area contributed by atoms with Crippen LogP contribution in [0.25, 0.3) is 0 Å². The number of hydrogen-bond acceptors (Lipinski definition) is 5. The lowest BCUT2D eigenvalue weighted by Crippen LogP contribution is -2.44. The first-order valence-corrected chi connectivity index (χ1v) is 7.41. The number of aryl methyl sites for hydroxylation is 2. The average molecular weight is 281 g/mol. The first-order chi connectivity index (χ1) is 8.93. The topological polar surface area (TPSA) is 49.3 Å². The van der Waals surface area contributed by atoms with Gasteiger partial charge in [0, 0.05) is 25.3 Å². The zero-order valence-corrected chi connectivity index (χ0v) is 12.9. The fourth-order valence-electron chi connectivity index (χ4n) is 2.49. The molecule has 1 saturated heterocycles. The number of aliphatic hydroxyl groups is 1. The fraction of sp³-hybridized carbons (Fsp3) is 0.714. The highest BCUT2D eigenvalue weighted by Gasteiger charge is 2.32. The third-order valence-corrected chi connectivity index (χ3v) is 4.33. The van der Waals surface area contributed by atoms with Crippen molar-refractivity contribution in [3.8, 4) is 0 Å². The molecule has 5 heteroatoms. The Hall–Kier alpha value is -0.650. The highest BCUT2D eigenvalue weighted by molar-refractivity contribution is 7.79. The van der Waals surface area contributed by atoms with E-state index in [2.05, 4.69) is 34.5 Å². The Morgan fingerprint density at radius 1 is 1.16 bits per heavy atom. The summed E-state index contributed by atoms with van der Waals surface area (Å²) in [6.07, 6.45) is 2.18. The van der Waals surface area contributed by atoms with Crippen LogP contribution in [0.4, 0.5) is 0 Å². The van der Waals surface area contributed by atoms with Crippen LogP contribution in [0.2, 0.25) is 0 Å². The summed E-state index contributed by atoms with van der Waals surface area (Å²) in [7, 11) is 2.09. The molecule has 1 fully saturated rings. The van der Waals surface area contributed by atoms with E-state index < -0.39 is 5.60 Å². The minimum atomic E-state index is -0.638. The molecule has 0 radical (unpaired) electrons. The Morgan fingerprint density at radius 2 is 1.68 bits per heavy atom. The summed E-state index contributed by atoms with van der Waals surface area (Å²) in [5, 5.41) is 10.7. The predicted molar refractivity (Wildman–Crippen MR) is 79.6 cm³/mol. The number of piperidine rings is 1. The minimum absolute atomic E-state index is 0.569. The van der Waals surface area contributed by atoms with Crippen LogP contribution in [0.3, 0.4) is 0 Å². The summed E-state index contributed by atoms with van der Waals surface area (Å²) in [5.74, 6) is 0.569. The predicted octanol–water partition coefficient (Wildman–Crippen LogP) is 1.52. The highest BCUT2D eigenvalue weighted by atomic mass is 32.1. The maximum Gasteiger partial charge on any atom is 0.0728 e. The standard InChI is InChI=1S/C14H23N3OS/c1-10-11(2)16-13(9-19)12(15-10)8-14(18)4-6-17(3)7-5-14/h18-19H,4-9H2,1-3H3. The summed E-state index contributed by atoms with van der Waals surface area (Å²) in [6.45, 7) is 5.80. The summed E-state index contributed by atoms with van der Waals surface area (Å²) in [4.78, 5) is 11.4. The van der Waals surface area contributed by atoms with Crippen molar-refractivity contribution < 1.29 is 5.11 Å². The van der Waals surface area contributed by atoms with Gasteiger partial charge in [-0.15, -0.1) is 0 Å². The SMILES string of the molecule is Cc1nc(CS)c(CC2(O)CCN(C)CC2)nc1C. The molecule has 2 rings (SSSR count). The van der Waals surface area contributed by atoms with Gasteiger partial charge in [0.1, 0.15) is 0 Å². The van der Waals surface area contributed by atoms with Crippen molar-refractivity contribution in [2.75, 3.05) is 20.1 Å². The molecule has 1 aromatic heterocycles. The van der Waals surface area contributed by atoms with Crippen LogP contribution in [-0.4, -0.2) is 45.7 Å². The van der Waals surface area contributed by atoms with Gasteiger partial charge < -0.3 is 10.0 Å². The monoisotopic (exact) mass is 281 g/mol. The van der Waals surface area contributed by atoms with E-state index in [0.717, 1.165) is 48.7 Å². The molecule has 1 aliphatic heterocycles. The Morgan fingerprint density at radius 3 is 2.21 bits per heavy atom. The average Bonchev–Trinajstić information content (AvgIpc) is 2.37. The van der Waals surface area contributed by atoms with Gasteiger partial charge in [-0.05, 0) is 33.7 Å². The molecular formula is C14H23N3OS. The number of hydrogen-bond donors (Lipinski definition) is 2. The normalized spacial score (nSPS) is 19.6. The number of nitrogens with zero attached hydrogens (tertiary/aromatic N) is 3. The molecule has 2 heterocycles. The summed E-state index contributed by atoms with van der Waals surface area (Å²) in [6, 6.07) is 0. The molecule has 0 unspecified atom stereocenters. The van der Waals surface area contributed by atoms with E-state index in [-0.39, 0.29) is 0 Å². The van der Waals surface area contributed by atoms with Gasteiger partial charge in [-0.3, -0.25) is 9.97 Å². The molecule has 0 bridgehead atoms. The van der Waals surface area contributed by atoms with E-state index in [0.29, 0.717) is 12.2 Å². The zero-order valence-electron chi connectivity index (χ0n) is 12.0. The second-order valence-electron chi connectivity index (χ2n) is 5.65. The number of likely N-dealkylation sites (tertiary alicyclic amines) is 1. The molecule has 4 nitrogen and oxygen atoms in total. The number of rotatable bonds is 3. The quantitative estimate of drug-likeness (QED) is 0.825. The molecule has 0 aliphatic carbocycles. The largest absolute Gasteiger partial charge is 0.389 e. The van der Waals surface area contributed by atoms with Crippen molar-refractivity contribution in [3.63, 3.8) is 0 Å². The van der Waals surface area contributed by atoms with Crippen molar-refractivity contribution in [3.05, 3.63) is 22.8 Å². The molecule has 106 valence electrons. The Bertz CT molecular complexity index is 456. The molecule has 0 saturated carbocycles. The van der Waals surface area contributed by atoms with Crippen LogP contribution in [0, 0.1) is 13.8 Å². The molecule has 0 spiro atoms. The summed E-state index contributed by atoms with van der Waals surface area (Å²) >= 11 is 4.33. The summed E-state index contributed by atoms with van der Waals surface area (Å²) < 4.78 is 0. The molecule has 0 aromatic carbocycles. The van der Waals surface area contributed by atoms with Crippen LogP contribution >= 0.6 is 12.6 Å². The third-order valence-electron chi connectivity index (χ3n) is 4.03. The molecule has 1 aromatic rings. The molecule has 0 atom stereocenters. The van der Waals surface area contributed by atoms with Gasteiger partial charge in [0.2, 0.25) is 0 Å². The zero-order chi connectivity index (χ0) is 14.0. The lowest BCUT2D eigenvalue weighted by atomic mass is 9.86. The number of aromatic nitrogens is 2. The van der Waals surface area contributed by atoms with Crippen LogP contribution in [-0.2, 0) is 12.2 Å². The Kier molecular flexibility index (Phi) is 4.48. The van der Waals surface area contributed by atoms with Gasteiger partial charge >= 0.3 is 0 Å². The minimum Gasteiger partial charge on any atom is -0.389 e. The van der Waals surface area contributed by atoms with E-state index in [1.807, 2.05) is 13.8 Å². The highest BCUT2D eigenvalue weighted by Crippen LogP contribution is 2.26. The van der Waals surface area contributed by atoms with Crippen molar-refractivity contribution in [1.29, 1.82) is 0 Å². The summed E-state index contributed by atoms with van der Waals surface area (Å²) in [5.41, 5.74) is 3.06. The lowest BCUT2D eigenvalue weighted by molar-refractivity contribution is -0.0159.